The molecule has 1 N–H and O–H groups in total. The second-order valence-corrected chi connectivity index (χ2v) is 9.86. The number of esters is 1. The summed E-state index contributed by atoms with van der Waals surface area (Å²) in [5.74, 6) is 0.0721. The fourth-order valence-electron chi connectivity index (χ4n) is 4.01. The predicted octanol–water partition coefficient (Wildman–Crippen LogP) is 6.22. The van der Waals surface area contributed by atoms with Gasteiger partial charge < -0.3 is 19.2 Å². The topological polar surface area (TPSA) is 121 Å². The van der Waals surface area contributed by atoms with E-state index in [9.17, 15) is 19.7 Å². The fourth-order valence-corrected chi connectivity index (χ4v) is 5.29. The summed E-state index contributed by atoms with van der Waals surface area (Å²) in [5, 5.41) is 14.3. The molecule has 1 atom stereocenters. The van der Waals surface area contributed by atoms with E-state index in [1.165, 1.54) is 23.5 Å². The average molecular weight is 513 g/mol. The van der Waals surface area contributed by atoms with Gasteiger partial charge in [-0.3, -0.25) is 14.9 Å². The third kappa shape index (κ3) is 5.59. The molecule has 1 amide bonds. The van der Waals surface area contributed by atoms with E-state index in [-0.39, 0.29) is 24.2 Å². The number of amides is 1. The number of carbonyl (C=O) groups is 2. The number of hydrogen-bond acceptors (Lipinski definition) is 8. The first-order valence-electron chi connectivity index (χ1n) is 11.9. The number of nitro benzene ring substituents is 1. The minimum absolute atomic E-state index is 0.0157. The molecule has 0 saturated carbocycles. The van der Waals surface area contributed by atoms with Crippen LogP contribution in [0.3, 0.4) is 0 Å². The predicted molar refractivity (Wildman–Crippen MR) is 135 cm³/mol. The molecule has 9 nitrogen and oxygen atoms in total. The van der Waals surface area contributed by atoms with E-state index in [1.54, 1.807) is 25.1 Å². The van der Waals surface area contributed by atoms with Gasteiger partial charge in [-0.1, -0.05) is 6.92 Å². The lowest BCUT2D eigenvalue weighted by Crippen LogP contribution is -2.18. The van der Waals surface area contributed by atoms with Crippen molar-refractivity contribution >= 4 is 33.9 Å². The van der Waals surface area contributed by atoms with E-state index in [0.717, 1.165) is 36.1 Å². The number of fused-ring (bicyclic) bond motifs is 1. The molecular formula is C26H28N2O7S. The maximum atomic E-state index is 13.0. The normalized spacial score (nSPS) is 13.5. The van der Waals surface area contributed by atoms with Crippen molar-refractivity contribution in [2.75, 3.05) is 5.32 Å². The van der Waals surface area contributed by atoms with Gasteiger partial charge in [-0.25, -0.2) is 4.79 Å². The molecule has 1 unspecified atom stereocenters. The van der Waals surface area contributed by atoms with Gasteiger partial charge in [0.05, 0.1) is 16.6 Å². The number of aryl methyl sites for hydroxylation is 2. The SMILES string of the molecule is CCC(C)OC(=O)c1c(NC(=O)c2ccc(COc3ccc([N+](=O)[O-])c(C)c3)o2)sc2c1CCCC2. The van der Waals surface area contributed by atoms with Crippen LogP contribution in [0.1, 0.15) is 75.8 Å². The number of carbonyl (C=O) groups excluding carboxylic acids is 2. The van der Waals surface area contributed by atoms with Crippen molar-refractivity contribution in [2.45, 2.75) is 65.6 Å². The molecule has 36 heavy (non-hydrogen) atoms. The van der Waals surface area contributed by atoms with Crippen LogP contribution in [0.25, 0.3) is 0 Å². The van der Waals surface area contributed by atoms with Gasteiger partial charge in [0.2, 0.25) is 0 Å². The zero-order chi connectivity index (χ0) is 25.8. The Bertz CT molecular complexity index is 1290. The lowest BCUT2D eigenvalue weighted by Gasteiger charge is -2.15. The van der Waals surface area contributed by atoms with E-state index in [0.29, 0.717) is 34.1 Å². The average Bonchev–Trinajstić information content (AvgIpc) is 3.47. The second-order valence-electron chi connectivity index (χ2n) is 8.75. The van der Waals surface area contributed by atoms with Gasteiger partial charge in [-0.2, -0.15) is 0 Å². The largest absolute Gasteiger partial charge is 0.486 e. The number of nitrogens with one attached hydrogen (secondary N) is 1. The molecule has 190 valence electrons. The Morgan fingerprint density at radius 3 is 2.72 bits per heavy atom. The number of benzene rings is 1. The second kappa shape index (κ2) is 10.9. The molecule has 4 rings (SSSR count). The van der Waals surface area contributed by atoms with Gasteiger partial charge >= 0.3 is 5.97 Å². The molecule has 3 aromatic rings. The first kappa shape index (κ1) is 25.4. The third-order valence-electron chi connectivity index (χ3n) is 6.12. The molecule has 0 aliphatic heterocycles. The minimum Gasteiger partial charge on any atom is -0.486 e. The van der Waals surface area contributed by atoms with Crippen molar-refractivity contribution in [3.05, 3.63) is 73.5 Å². The van der Waals surface area contributed by atoms with Crippen molar-refractivity contribution < 1.29 is 28.4 Å². The fraction of sp³-hybridized carbons (Fsp3) is 0.385. The van der Waals surface area contributed by atoms with E-state index in [2.05, 4.69) is 5.32 Å². The van der Waals surface area contributed by atoms with Crippen LogP contribution < -0.4 is 10.1 Å². The van der Waals surface area contributed by atoms with E-state index in [1.807, 2.05) is 13.8 Å². The number of nitro groups is 1. The van der Waals surface area contributed by atoms with Crippen LogP contribution in [0.15, 0.2) is 34.7 Å². The molecule has 0 fully saturated rings. The molecule has 1 aliphatic rings. The number of furan rings is 1. The van der Waals surface area contributed by atoms with Crippen LogP contribution in [-0.2, 0) is 24.2 Å². The molecular weight excluding hydrogens is 484 g/mol. The molecule has 0 spiro atoms. The zero-order valence-corrected chi connectivity index (χ0v) is 21.2. The highest BCUT2D eigenvalue weighted by atomic mass is 32.1. The Hall–Kier alpha value is -3.66. The van der Waals surface area contributed by atoms with Crippen LogP contribution in [0.2, 0.25) is 0 Å². The first-order chi connectivity index (χ1) is 17.3. The number of thiophene rings is 1. The van der Waals surface area contributed by atoms with Crippen LogP contribution in [-0.4, -0.2) is 22.9 Å². The van der Waals surface area contributed by atoms with E-state index < -0.39 is 16.8 Å². The molecule has 10 heteroatoms. The summed E-state index contributed by atoms with van der Waals surface area (Å²) in [6, 6.07) is 7.65. The Morgan fingerprint density at radius 1 is 1.22 bits per heavy atom. The summed E-state index contributed by atoms with van der Waals surface area (Å²) in [7, 11) is 0. The van der Waals surface area contributed by atoms with Gasteiger partial charge in [0.1, 0.15) is 23.1 Å². The summed E-state index contributed by atoms with van der Waals surface area (Å²) in [5.41, 5.74) is 1.93. The van der Waals surface area contributed by atoms with Crippen molar-refractivity contribution in [3.8, 4) is 5.75 Å². The van der Waals surface area contributed by atoms with E-state index >= 15 is 0 Å². The number of nitrogens with zero attached hydrogens (tertiary/aromatic N) is 1. The quantitative estimate of drug-likeness (QED) is 0.205. The number of rotatable bonds is 9. The van der Waals surface area contributed by atoms with Gasteiger partial charge in [-0.05, 0) is 75.8 Å². The Labute approximate surface area is 212 Å². The number of hydrogen-bond donors (Lipinski definition) is 1. The minimum atomic E-state index is -0.469. The van der Waals surface area contributed by atoms with Crippen LogP contribution in [0, 0.1) is 17.0 Å². The first-order valence-corrected chi connectivity index (χ1v) is 12.7. The Balaban J connectivity index is 1.46. The van der Waals surface area contributed by atoms with Crippen molar-refractivity contribution in [2.24, 2.45) is 0 Å². The highest BCUT2D eigenvalue weighted by molar-refractivity contribution is 7.17. The van der Waals surface area contributed by atoms with Crippen molar-refractivity contribution in [1.82, 2.24) is 0 Å². The molecule has 1 aliphatic carbocycles. The lowest BCUT2D eigenvalue weighted by molar-refractivity contribution is -0.385. The van der Waals surface area contributed by atoms with Crippen LogP contribution in [0.5, 0.6) is 5.75 Å². The number of ether oxygens (including phenoxy) is 2. The highest BCUT2D eigenvalue weighted by Gasteiger charge is 2.29. The summed E-state index contributed by atoms with van der Waals surface area (Å²) in [6.07, 6.45) is 4.21. The van der Waals surface area contributed by atoms with Gasteiger partial charge in [0, 0.05) is 16.5 Å². The van der Waals surface area contributed by atoms with Gasteiger partial charge in [0.15, 0.2) is 5.76 Å². The van der Waals surface area contributed by atoms with Crippen molar-refractivity contribution in [3.63, 3.8) is 0 Å². The standard InChI is InChI=1S/C26H28N2O7S/c1-4-16(3)34-26(30)23-19-7-5-6-8-22(19)36-25(23)27-24(29)21-12-10-18(35-21)14-33-17-9-11-20(28(31)32)15(2)13-17/h9-13,16H,4-8,14H2,1-3H3,(H,27,29). The maximum absolute atomic E-state index is 13.0. The molecule has 0 radical (unpaired) electrons. The van der Waals surface area contributed by atoms with Gasteiger partial charge in [-0.15, -0.1) is 11.3 Å². The lowest BCUT2D eigenvalue weighted by atomic mass is 9.95. The smallest absolute Gasteiger partial charge is 0.341 e. The molecule has 1 aromatic carbocycles. The molecule has 2 aromatic heterocycles. The van der Waals surface area contributed by atoms with Crippen molar-refractivity contribution in [1.29, 1.82) is 0 Å². The maximum Gasteiger partial charge on any atom is 0.341 e. The monoisotopic (exact) mass is 512 g/mol. The Kier molecular flexibility index (Phi) is 7.73. The molecule has 0 saturated heterocycles. The summed E-state index contributed by atoms with van der Waals surface area (Å²) in [6.45, 7) is 5.48. The zero-order valence-electron chi connectivity index (χ0n) is 20.4. The van der Waals surface area contributed by atoms with E-state index in [4.69, 9.17) is 13.9 Å². The highest BCUT2D eigenvalue weighted by Crippen LogP contribution is 2.39. The Morgan fingerprint density at radius 2 is 2.00 bits per heavy atom. The van der Waals surface area contributed by atoms with Crippen LogP contribution >= 0.6 is 11.3 Å². The summed E-state index contributed by atoms with van der Waals surface area (Å²) in [4.78, 5) is 37.5. The summed E-state index contributed by atoms with van der Waals surface area (Å²) >= 11 is 1.42. The molecule has 2 heterocycles. The van der Waals surface area contributed by atoms with Crippen LogP contribution in [0.4, 0.5) is 10.7 Å². The number of anilines is 1. The third-order valence-corrected chi connectivity index (χ3v) is 7.32. The summed E-state index contributed by atoms with van der Waals surface area (Å²) < 4.78 is 16.9. The molecule has 0 bridgehead atoms. The van der Waals surface area contributed by atoms with Gasteiger partial charge in [0.25, 0.3) is 11.6 Å².